The van der Waals surface area contributed by atoms with Gasteiger partial charge >= 0.3 is 0 Å². The lowest BCUT2D eigenvalue weighted by Crippen LogP contribution is -2.31. The maximum atomic E-state index is 11.0. The average molecular weight is 193 g/mol. The average Bonchev–Trinajstić information content (AvgIpc) is 2.18. The van der Waals surface area contributed by atoms with E-state index in [1.54, 1.807) is 6.20 Å². The zero-order valence-corrected chi connectivity index (χ0v) is 8.45. The van der Waals surface area contributed by atoms with Gasteiger partial charge in [0.1, 0.15) is 0 Å². The number of aromatic nitrogens is 1. The standard InChI is InChI=1S/C10H15N3O/c1-7(2)9-3-8(5-12-6-9)4-10(14)13-11/h3,5-7H,4,11H2,1-2H3,(H,13,14). The van der Waals surface area contributed by atoms with Crippen LogP contribution in [0.2, 0.25) is 0 Å². The summed E-state index contributed by atoms with van der Waals surface area (Å²) in [6.07, 6.45) is 3.78. The van der Waals surface area contributed by atoms with Gasteiger partial charge in [0.15, 0.2) is 0 Å². The molecule has 1 heterocycles. The molecule has 4 nitrogen and oxygen atoms in total. The molecule has 0 unspecified atom stereocenters. The van der Waals surface area contributed by atoms with Crippen molar-refractivity contribution in [3.8, 4) is 0 Å². The van der Waals surface area contributed by atoms with E-state index in [4.69, 9.17) is 5.84 Å². The number of hydrogen-bond acceptors (Lipinski definition) is 3. The van der Waals surface area contributed by atoms with Crippen molar-refractivity contribution in [2.24, 2.45) is 5.84 Å². The van der Waals surface area contributed by atoms with Crippen LogP contribution in [0.4, 0.5) is 0 Å². The minimum Gasteiger partial charge on any atom is -0.294 e. The number of hydrazine groups is 1. The van der Waals surface area contributed by atoms with Gasteiger partial charge in [-0.05, 0) is 17.0 Å². The second-order valence-electron chi connectivity index (χ2n) is 3.53. The van der Waals surface area contributed by atoms with E-state index >= 15 is 0 Å². The van der Waals surface area contributed by atoms with Gasteiger partial charge in [0.2, 0.25) is 5.91 Å². The molecule has 0 radical (unpaired) electrons. The van der Waals surface area contributed by atoms with Crippen LogP contribution in [0.3, 0.4) is 0 Å². The number of rotatable bonds is 3. The van der Waals surface area contributed by atoms with Crippen molar-refractivity contribution in [1.29, 1.82) is 0 Å². The lowest BCUT2D eigenvalue weighted by Gasteiger charge is -2.06. The maximum absolute atomic E-state index is 11.0. The van der Waals surface area contributed by atoms with Crippen molar-refractivity contribution in [2.75, 3.05) is 0 Å². The molecule has 1 rings (SSSR count). The third-order valence-electron chi connectivity index (χ3n) is 2.01. The third kappa shape index (κ3) is 2.81. The molecule has 4 heteroatoms. The fraction of sp³-hybridized carbons (Fsp3) is 0.400. The third-order valence-corrected chi connectivity index (χ3v) is 2.01. The molecular formula is C10H15N3O. The van der Waals surface area contributed by atoms with E-state index in [9.17, 15) is 4.79 Å². The molecular weight excluding hydrogens is 178 g/mol. The molecule has 1 aromatic heterocycles. The molecule has 0 aliphatic carbocycles. The number of hydrogen-bond donors (Lipinski definition) is 2. The fourth-order valence-electron chi connectivity index (χ4n) is 1.16. The SMILES string of the molecule is CC(C)c1cncc(CC(=O)NN)c1. The zero-order valence-electron chi connectivity index (χ0n) is 8.45. The summed E-state index contributed by atoms with van der Waals surface area (Å²) in [6.45, 7) is 4.17. The Bertz CT molecular complexity index is 323. The van der Waals surface area contributed by atoms with Crippen molar-refractivity contribution in [3.05, 3.63) is 29.6 Å². The quantitative estimate of drug-likeness (QED) is 0.422. The van der Waals surface area contributed by atoms with Crippen LogP contribution < -0.4 is 11.3 Å². The summed E-state index contributed by atoms with van der Waals surface area (Å²) in [5.41, 5.74) is 4.12. The predicted molar refractivity (Wildman–Crippen MR) is 54.4 cm³/mol. The van der Waals surface area contributed by atoms with Crippen molar-refractivity contribution >= 4 is 5.91 Å². The number of carbonyl (C=O) groups excluding carboxylic acids is 1. The summed E-state index contributed by atoms with van der Waals surface area (Å²) in [4.78, 5) is 15.1. The zero-order chi connectivity index (χ0) is 10.6. The van der Waals surface area contributed by atoms with Gasteiger partial charge in [-0.2, -0.15) is 0 Å². The van der Waals surface area contributed by atoms with E-state index < -0.39 is 0 Å². The Kier molecular flexibility index (Phi) is 3.59. The Labute approximate surface area is 83.5 Å². The molecule has 1 aromatic rings. The van der Waals surface area contributed by atoms with Crippen LogP contribution in [0.25, 0.3) is 0 Å². The number of nitrogens with two attached hydrogens (primary N) is 1. The van der Waals surface area contributed by atoms with Crippen molar-refractivity contribution in [2.45, 2.75) is 26.2 Å². The highest BCUT2D eigenvalue weighted by Crippen LogP contribution is 2.14. The van der Waals surface area contributed by atoms with Crippen LogP contribution in [-0.2, 0) is 11.2 Å². The predicted octanol–water partition coefficient (Wildman–Crippen LogP) is 0.737. The van der Waals surface area contributed by atoms with E-state index in [2.05, 4.69) is 24.3 Å². The van der Waals surface area contributed by atoms with Gasteiger partial charge in [0.05, 0.1) is 6.42 Å². The largest absolute Gasteiger partial charge is 0.294 e. The Morgan fingerprint density at radius 2 is 2.29 bits per heavy atom. The van der Waals surface area contributed by atoms with Gasteiger partial charge in [0, 0.05) is 12.4 Å². The van der Waals surface area contributed by atoms with Crippen LogP contribution >= 0.6 is 0 Å². The first-order valence-electron chi connectivity index (χ1n) is 4.56. The maximum Gasteiger partial charge on any atom is 0.238 e. The number of nitrogens with one attached hydrogen (secondary N) is 1. The highest BCUT2D eigenvalue weighted by Gasteiger charge is 2.04. The van der Waals surface area contributed by atoms with Crippen LogP contribution in [0.1, 0.15) is 30.9 Å². The van der Waals surface area contributed by atoms with E-state index in [0.717, 1.165) is 11.1 Å². The Morgan fingerprint density at radius 3 is 2.86 bits per heavy atom. The highest BCUT2D eigenvalue weighted by atomic mass is 16.2. The topological polar surface area (TPSA) is 68.0 Å². The molecule has 76 valence electrons. The first-order chi connectivity index (χ1) is 6.63. The molecule has 14 heavy (non-hydrogen) atoms. The minimum absolute atomic E-state index is 0.201. The number of nitrogens with zero attached hydrogens (tertiary/aromatic N) is 1. The summed E-state index contributed by atoms with van der Waals surface area (Å²) in [5, 5.41) is 0. The van der Waals surface area contributed by atoms with E-state index in [1.165, 1.54) is 0 Å². The summed E-state index contributed by atoms with van der Waals surface area (Å²) < 4.78 is 0. The van der Waals surface area contributed by atoms with Crippen molar-refractivity contribution in [3.63, 3.8) is 0 Å². The van der Waals surface area contributed by atoms with Crippen LogP contribution in [0.15, 0.2) is 18.5 Å². The summed E-state index contributed by atoms with van der Waals surface area (Å²) >= 11 is 0. The molecule has 0 fully saturated rings. The van der Waals surface area contributed by atoms with Gasteiger partial charge in [-0.15, -0.1) is 0 Å². The van der Waals surface area contributed by atoms with Crippen LogP contribution in [0.5, 0.6) is 0 Å². The number of pyridine rings is 1. The molecule has 0 saturated carbocycles. The van der Waals surface area contributed by atoms with Crippen LogP contribution in [0, 0.1) is 0 Å². The van der Waals surface area contributed by atoms with Gasteiger partial charge in [0.25, 0.3) is 0 Å². The number of amides is 1. The molecule has 0 aliphatic rings. The van der Waals surface area contributed by atoms with E-state index in [0.29, 0.717) is 5.92 Å². The molecule has 0 aromatic carbocycles. The summed E-state index contributed by atoms with van der Waals surface area (Å²) in [6, 6.07) is 1.98. The highest BCUT2D eigenvalue weighted by molar-refractivity contribution is 5.77. The lowest BCUT2D eigenvalue weighted by molar-refractivity contribution is -0.120. The first-order valence-corrected chi connectivity index (χ1v) is 4.56. The molecule has 1 amide bonds. The molecule has 3 N–H and O–H groups in total. The van der Waals surface area contributed by atoms with E-state index in [-0.39, 0.29) is 12.3 Å². The first kappa shape index (κ1) is 10.7. The fourth-order valence-corrected chi connectivity index (χ4v) is 1.16. The second kappa shape index (κ2) is 4.72. The summed E-state index contributed by atoms with van der Waals surface area (Å²) in [5.74, 6) is 5.22. The lowest BCUT2D eigenvalue weighted by atomic mass is 10.0. The molecule has 0 bridgehead atoms. The Hall–Kier alpha value is -1.42. The Morgan fingerprint density at radius 1 is 1.57 bits per heavy atom. The number of carbonyl (C=O) groups is 1. The Balaban J connectivity index is 2.78. The minimum atomic E-state index is -0.201. The molecule has 0 spiro atoms. The van der Waals surface area contributed by atoms with Gasteiger partial charge in [-0.1, -0.05) is 19.9 Å². The van der Waals surface area contributed by atoms with Crippen LogP contribution in [-0.4, -0.2) is 10.9 Å². The molecule has 0 saturated heterocycles. The molecule has 0 atom stereocenters. The normalized spacial score (nSPS) is 10.3. The van der Waals surface area contributed by atoms with Gasteiger partial charge in [-0.25, -0.2) is 5.84 Å². The molecule has 0 aliphatic heterocycles. The monoisotopic (exact) mass is 193 g/mol. The summed E-state index contributed by atoms with van der Waals surface area (Å²) in [7, 11) is 0. The second-order valence-corrected chi connectivity index (χ2v) is 3.53. The smallest absolute Gasteiger partial charge is 0.238 e. The van der Waals surface area contributed by atoms with Crippen molar-refractivity contribution in [1.82, 2.24) is 10.4 Å². The van der Waals surface area contributed by atoms with E-state index in [1.807, 2.05) is 12.3 Å². The van der Waals surface area contributed by atoms with Gasteiger partial charge < -0.3 is 0 Å². The van der Waals surface area contributed by atoms with Crippen molar-refractivity contribution < 1.29 is 4.79 Å². The van der Waals surface area contributed by atoms with Gasteiger partial charge in [-0.3, -0.25) is 15.2 Å².